The summed E-state index contributed by atoms with van der Waals surface area (Å²) in [5, 5.41) is 7.14. The summed E-state index contributed by atoms with van der Waals surface area (Å²) in [6.45, 7) is 3.67. The zero-order chi connectivity index (χ0) is 16.8. The van der Waals surface area contributed by atoms with Crippen molar-refractivity contribution in [2.24, 2.45) is 16.7 Å². The Bertz CT molecular complexity index is 562. The third-order valence-corrected chi connectivity index (χ3v) is 7.61. The van der Waals surface area contributed by atoms with E-state index < -0.39 is 49.5 Å². The van der Waals surface area contributed by atoms with Gasteiger partial charge in [0.1, 0.15) is 23.6 Å². The number of rotatable bonds is 7. The highest BCUT2D eigenvalue weighted by atomic mass is 32.2. The van der Waals surface area contributed by atoms with Gasteiger partial charge in [-0.25, -0.2) is 13.7 Å². The topological polar surface area (TPSA) is 89.9 Å². The lowest BCUT2D eigenvalue weighted by atomic mass is 9.70. The molecule has 0 aliphatic heterocycles. The Hall–Kier alpha value is -0.290. The highest BCUT2D eigenvalue weighted by Gasteiger charge is 2.65. The van der Waals surface area contributed by atoms with Crippen molar-refractivity contribution in [3.05, 3.63) is 0 Å². The summed E-state index contributed by atoms with van der Waals surface area (Å²) < 4.78 is 55.0. The van der Waals surface area contributed by atoms with Crippen molar-refractivity contribution >= 4 is 27.7 Å². The number of halogens is 2. The van der Waals surface area contributed by atoms with Gasteiger partial charge in [0.25, 0.3) is 0 Å². The van der Waals surface area contributed by atoms with E-state index in [1.54, 1.807) is 0 Å². The second kappa shape index (κ2) is 5.66. The third-order valence-electron chi connectivity index (χ3n) is 5.18. The number of fused-ring (bicyclic) bond motifs is 2. The predicted octanol–water partition coefficient (Wildman–Crippen LogP) is 2.46. The Morgan fingerprint density at radius 1 is 1.45 bits per heavy atom. The van der Waals surface area contributed by atoms with Crippen LogP contribution in [0.2, 0.25) is 0 Å². The number of hydrogen-bond donors (Lipinski definition) is 1. The van der Waals surface area contributed by atoms with Crippen molar-refractivity contribution in [2.75, 3.05) is 11.5 Å². The predicted molar refractivity (Wildman–Crippen MR) is 74.6 cm³/mol. The van der Waals surface area contributed by atoms with Crippen molar-refractivity contribution < 1.29 is 36.6 Å². The minimum Gasteiger partial charge on any atom is -0.299 e. The van der Waals surface area contributed by atoms with E-state index in [9.17, 15) is 22.0 Å². The lowest BCUT2D eigenvalue weighted by molar-refractivity contribution is -0.433. The van der Waals surface area contributed by atoms with Gasteiger partial charge < -0.3 is 0 Å². The SMILES string of the molecule is CC1(C)C2CCC1(CS(=O)(=O)CC(F)(F)SOOO)C(=O)C2. The van der Waals surface area contributed by atoms with Crippen molar-refractivity contribution in [3.8, 4) is 0 Å². The monoisotopic (exact) mass is 360 g/mol. The largest absolute Gasteiger partial charge is 0.334 e. The van der Waals surface area contributed by atoms with Crippen LogP contribution in [0.1, 0.15) is 33.1 Å². The van der Waals surface area contributed by atoms with Crippen LogP contribution in [-0.2, 0) is 24.0 Å². The molecule has 2 fully saturated rings. The Morgan fingerprint density at radius 3 is 2.55 bits per heavy atom. The lowest BCUT2D eigenvalue weighted by Crippen LogP contribution is -2.44. The first-order chi connectivity index (χ1) is 9.96. The zero-order valence-corrected chi connectivity index (χ0v) is 13.8. The van der Waals surface area contributed by atoms with Gasteiger partial charge >= 0.3 is 5.25 Å². The van der Waals surface area contributed by atoms with Gasteiger partial charge in [0.2, 0.25) is 0 Å². The molecule has 0 heterocycles. The molecule has 2 saturated carbocycles. The minimum atomic E-state index is -4.21. The van der Waals surface area contributed by atoms with E-state index in [-0.39, 0.29) is 11.7 Å². The van der Waals surface area contributed by atoms with Crippen LogP contribution in [0.4, 0.5) is 8.78 Å². The van der Waals surface area contributed by atoms with Gasteiger partial charge in [-0.2, -0.15) is 8.78 Å². The quantitative estimate of drug-likeness (QED) is 0.424. The van der Waals surface area contributed by atoms with E-state index in [0.29, 0.717) is 12.8 Å². The number of carbonyl (C=O) groups is 1. The summed E-state index contributed by atoms with van der Waals surface area (Å²) in [6, 6.07) is 0. The molecule has 0 amide bonds. The number of sulfone groups is 1. The fraction of sp³-hybridized carbons (Fsp3) is 0.917. The Morgan fingerprint density at radius 2 is 2.09 bits per heavy atom. The van der Waals surface area contributed by atoms with Crippen LogP contribution in [0, 0.1) is 16.7 Å². The van der Waals surface area contributed by atoms with Gasteiger partial charge in [-0.05, 0) is 24.2 Å². The van der Waals surface area contributed by atoms with Gasteiger partial charge in [0, 0.05) is 11.8 Å². The molecule has 1 N–H and O–H groups in total. The normalized spacial score (nSPS) is 31.0. The van der Waals surface area contributed by atoms with Crippen LogP contribution < -0.4 is 0 Å². The van der Waals surface area contributed by atoms with Gasteiger partial charge in [-0.3, -0.25) is 4.79 Å². The molecule has 10 heteroatoms. The molecule has 0 aromatic heterocycles. The molecule has 128 valence electrons. The molecule has 2 bridgehead atoms. The Balaban J connectivity index is 2.17. The molecule has 2 aliphatic carbocycles. The number of ketones is 1. The molecule has 2 aliphatic rings. The molecule has 0 spiro atoms. The first-order valence-corrected chi connectivity index (χ1v) is 9.30. The Kier molecular flexibility index (Phi) is 4.64. The van der Waals surface area contributed by atoms with Gasteiger partial charge in [-0.15, -0.1) is 4.33 Å². The maximum atomic E-state index is 13.5. The lowest BCUT2D eigenvalue weighted by Gasteiger charge is -2.36. The summed E-state index contributed by atoms with van der Waals surface area (Å²) in [7, 11) is -4.21. The van der Waals surface area contributed by atoms with Gasteiger partial charge in [0.05, 0.1) is 5.75 Å². The van der Waals surface area contributed by atoms with E-state index in [2.05, 4.69) is 9.37 Å². The van der Waals surface area contributed by atoms with Gasteiger partial charge in [0.15, 0.2) is 9.84 Å². The molecule has 2 atom stereocenters. The highest BCUT2D eigenvalue weighted by molar-refractivity contribution is 7.98. The summed E-state index contributed by atoms with van der Waals surface area (Å²) in [5.41, 5.74) is -1.59. The van der Waals surface area contributed by atoms with E-state index in [4.69, 9.17) is 5.26 Å². The van der Waals surface area contributed by atoms with Crippen LogP contribution in [0.25, 0.3) is 0 Å². The second-order valence-corrected chi connectivity index (χ2v) is 9.53. The Labute approximate surface area is 131 Å². The maximum Gasteiger partial charge on any atom is 0.334 e. The fourth-order valence-corrected chi connectivity index (χ4v) is 6.78. The zero-order valence-electron chi connectivity index (χ0n) is 12.2. The third kappa shape index (κ3) is 3.03. The van der Waals surface area contributed by atoms with Crippen LogP contribution in [-0.4, -0.2) is 36.2 Å². The molecule has 0 aromatic carbocycles. The first kappa shape index (κ1) is 18.1. The first-order valence-electron chi connectivity index (χ1n) is 6.73. The van der Waals surface area contributed by atoms with E-state index in [0.717, 1.165) is 6.42 Å². The minimum absolute atomic E-state index is 0.108. The summed E-state index contributed by atoms with van der Waals surface area (Å²) in [6.07, 6.45) is 1.47. The number of alkyl halides is 2. The highest BCUT2D eigenvalue weighted by Crippen LogP contribution is 2.64. The van der Waals surface area contributed by atoms with Crippen molar-refractivity contribution in [1.82, 2.24) is 0 Å². The van der Waals surface area contributed by atoms with Crippen LogP contribution >= 0.6 is 12.0 Å². The van der Waals surface area contributed by atoms with Crippen molar-refractivity contribution in [3.63, 3.8) is 0 Å². The van der Waals surface area contributed by atoms with Crippen LogP contribution in [0.15, 0.2) is 0 Å². The molecule has 2 rings (SSSR count). The molecule has 0 radical (unpaired) electrons. The molecule has 0 aromatic rings. The van der Waals surface area contributed by atoms with Crippen LogP contribution in [0.5, 0.6) is 0 Å². The second-order valence-electron chi connectivity index (χ2n) is 6.56. The molecule has 0 saturated heterocycles. The smallest absolute Gasteiger partial charge is 0.299 e. The molecular weight excluding hydrogens is 342 g/mol. The summed E-state index contributed by atoms with van der Waals surface area (Å²) in [5.74, 6) is -2.11. The fourth-order valence-electron chi connectivity index (χ4n) is 3.88. The molecule has 22 heavy (non-hydrogen) atoms. The maximum absolute atomic E-state index is 13.5. The molecular formula is C12H18F2O6S2. The number of Topliss-reactive ketones (excluding diaryl/α,β-unsaturated/α-hetero) is 1. The summed E-state index contributed by atoms with van der Waals surface area (Å²) >= 11 is -0.589. The number of hydrogen-bond acceptors (Lipinski definition) is 7. The van der Waals surface area contributed by atoms with E-state index in [1.807, 2.05) is 13.8 Å². The summed E-state index contributed by atoms with van der Waals surface area (Å²) in [4.78, 5) is 12.3. The molecule has 2 unspecified atom stereocenters. The molecule has 6 nitrogen and oxygen atoms in total. The average Bonchev–Trinajstić information content (AvgIpc) is 2.68. The van der Waals surface area contributed by atoms with E-state index in [1.165, 1.54) is 0 Å². The van der Waals surface area contributed by atoms with Crippen molar-refractivity contribution in [1.29, 1.82) is 0 Å². The standard InChI is InChI=1S/C12H18F2O6S2/c1-10(2)8-3-4-11(10,9(15)5-8)6-22(17,18)7-12(13,14)21-20-19-16/h8,16H,3-7H2,1-2H3. The average molecular weight is 360 g/mol. The van der Waals surface area contributed by atoms with Crippen molar-refractivity contribution in [2.45, 2.75) is 38.4 Å². The van der Waals surface area contributed by atoms with Gasteiger partial charge in [-0.1, -0.05) is 18.9 Å². The number of carbonyl (C=O) groups excluding carboxylic acids is 1. The van der Waals surface area contributed by atoms with Crippen LogP contribution in [0.3, 0.4) is 0 Å². The van der Waals surface area contributed by atoms with E-state index >= 15 is 0 Å².